The van der Waals surface area contributed by atoms with E-state index >= 15 is 0 Å². The molecule has 0 radical (unpaired) electrons. The molecule has 0 aliphatic heterocycles. The first kappa shape index (κ1) is 25.1. The molecule has 0 spiro atoms. The van der Waals surface area contributed by atoms with Crippen molar-refractivity contribution >= 4 is 22.1 Å². The van der Waals surface area contributed by atoms with E-state index in [0.717, 1.165) is 6.42 Å². The highest BCUT2D eigenvalue weighted by atomic mass is 32.2. The van der Waals surface area contributed by atoms with Gasteiger partial charge in [-0.1, -0.05) is 37.3 Å². The second kappa shape index (κ2) is 10.7. The van der Waals surface area contributed by atoms with Gasteiger partial charge < -0.3 is 9.47 Å². The van der Waals surface area contributed by atoms with Gasteiger partial charge in [0, 0.05) is 0 Å². The minimum absolute atomic E-state index is 0.193. The number of benzene rings is 1. The number of esters is 2. The van der Waals surface area contributed by atoms with Crippen LogP contribution in [0.5, 0.6) is 0 Å². The van der Waals surface area contributed by atoms with Gasteiger partial charge in [0.05, 0.1) is 17.4 Å². The third-order valence-electron chi connectivity index (χ3n) is 4.92. The maximum atomic E-state index is 12.7. The van der Waals surface area contributed by atoms with Crippen molar-refractivity contribution in [3.8, 4) is 0 Å². The van der Waals surface area contributed by atoms with Crippen LogP contribution >= 0.6 is 0 Å². The zero-order valence-electron chi connectivity index (χ0n) is 17.6. The fourth-order valence-corrected chi connectivity index (χ4v) is 3.38. The molecule has 0 fully saturated rings. The summed E-state index contributed by atoms with van der Waals surface area (Å²) in [5.74, 6) is -1.66. The van der Waals surface area contributed by atoms with Gasteiger partial charge in [0.2, 0.25) is 0 Å². The van der Waals surface area contributed by atoms with Crippen molar-refractivity contribution in [2.45, 2.75) is 53.4 Å². The number of ether oxygens (including phenoxy) is 2. The molecule has 0 aliphatic carbocycles. The Labute approximate surface area is 173 Å². The SMILES string of the molecule is CCC(C)(CC(C)(C)C(=O)OCCS(=O)(=O)O)C(=O)OCCCc1ccccc1. The molecule has 0 aromatic heterocycles. The van der Waals surface area contributed by atoms with E-state index < -0.39 is 39.3 Å². The van der Waals surface area contributed by atoms with Crippen LogP contribution in [0.15, 0.2) is 30.3 Å². The fourth-order valence-electron chi connectivity index (χ4n) is 3.08. The summed E-state index contributed by atoms with van der Waals surface area (Å²) in [6.07, 6.45) is 2.18. The molecule has 7 nitrogen and oxygen atoms in total. The summed E-state index contributed by atoms with van der Waals surface area (Å²) in [6, 6.07) is 9.92. The minimum atomic E-state index is -4.20. The maximum Gasteiger partial charge on any atom is 0.311 e. The number of hydrogen-bond acceptors (Lipinski definition) is 6. The zero-order chi connectivity index (χ0) is 22.1. The first-order valence-corrected chi connectivity index (χ1v) is 11.3. The van der Waals surface area contributed by atoms with Crippen molar-refractivity contribution in [1.29, 1.82) is 0 Å². The van der Waals surface area contributed by atoms with Crippen LogP contribution in [0.4, 0.5) is 0 Å². The summed E-state index contributed by atoms with van der Waals surface area (Å²) >= 11 is 0. The van der Waals surface area contributed by atoms with Gasteiger partial charge in [0.25, 0.3) is 10.1 Å². The number of aryl methyl sites for hydroxylation is 1. The summed E-state index contributed by atoms with van der Waals surface area (Å²) in [4.78, 5) is 25.0. The molecule has 0 heterocycles. The summed E-state index contributed by atoms with van der Waals surface area (Å²) in [6.45, 7) is 6.74. The Morgan fingerprint density at radius 1 is 1.00 bits per heavy atom. The molecular formula is C21H32O7S. The van der Waals surface area contributed by atoms with E-state index in [9.17, 15) is 18.0 Å². The highest BCUT2D eigenvalue weighted by molar-refractivity contribution is 7.85. The number of carbonyl (C=O) groups is 2. The molecule has 164 valence electrons. The Morgan fingerprint density at radius 3 is 2.14 bits per heavy atom. The predicted octanol–water partition coefficient (Wildman–Crippen LogP) is 3.43. The molecule has 0 aliphatic rings. The summed E-state index contributed by atoms with van der Waals surface area (Å²) in [5, 5.41) is 0. The van der Waals surface area contributed by atoms with Crippen LogP contribution < -0.4 is 0 Å². The van der Waals surface area contributed by atoms with Crippen LogP contribution in [-0.4, -0.2) is 43.9 Å². The minimum Gasteiger partial charge on any atom is -0.465 e. The molecule has 1 rings (SSSR count). The van der Waals surface area contributed by atoms with Crippen LogP contribution in [0.1, 0.15) is 52.5 Å². The van der Waals surface area contributed by atoms with Gasteiger partial charge in [-0.05, 0) is 52.0 Å². The summed E-state index contributed by atoms with van der Waals surface area (Å²) in [5.41, 5.74) is -0.721. The number of carbonyl (C=O) groups excluding carboxylic acids is 2. The lowest BCUT2D eigenvalue weighted by atomic mass is 9.72. The van der Waals surface area contributed by atoms with Gasteiger partial charge in [-0.25, -0.2) is 0 Å². The Bertz CT molecular complexity index is 771. The summed E-state index contributed by atoms with van der Waals surface area (Å²) < 4.78 is 40.7. The van der Waals surface area contributed by atoms with Crippen LogP contribution in [0.3, 0.4) is 0 Å². The smallest absolute Gasteiger partial charge is 0.311 e. The quantitative estimate of drug-likeness (QED) is 0.309. The van der Waals surface area contributed by atoms with Crippen LogP contribution in [-0.2, 0) is 35.6 Å². The Kier molecular flexibility index (Phi) is 9.29. The van der Waals surface area contributed by atoms with Crippen LogP contribution in [0.2, 0.25) is 0 Å². The Morgan fingerprint density at radius 2 is 1.59 bits per heavy atom. The number of rotatable bonds is 12. The van der Waals surface area contributed by atoms with Gasteiger partial charge in [-0.15, -0.1) is 0 Å². The van der Waals surface area contributed by atoms with Crippen molar-refractivity contribution in [3.05, 3.63) is 35.9 Å². The first-order valence-electron chi connectivity index (χ1n) is 9.73. The van der Waals surface area contributed by atoms with E-state index in [1.807, 2.05) is 37.3 Å². The van der Waals surface area contributed by atoms with E-state index in [-0.39, 0.29) is 12.4 Å². The molecule has 1 aromatic carbocycles. The van der Waals surface area contributed by atoms with Gasteiger partial charge >= 0.3 is 11.9 Å². The van der Waals surface area contributed by atoms with Crippen molar-refractivity contribution in [3.63, 3.8) is 0 Å². The monoisotopic (exact) mass is 428 g/mol. The highest BCUT2D eigenvalue weighted by Gasteiger charge is 2.42. The molecule has 1 atom stereocenters. The molecule has 0 amide bonds. The lowest BCUT2D eigenvalue weighted by molar-refractivity contribution is -0.162. The second-order valence-electron chi connectivity index (χ2n) is 8.12. The lowest BCUT2D eigenvalue weighted by Gasteiger charge is -2.33. The first-order chi connectivity index (χ1) is 13.4. The van der Waals surface area contributed by atoms with Gasteiger partial charge in [-0.3, -0.25) is 14.1 Å². The second-order valence-corrected chi connectivity index (χ2v) is 9.69. The molecule has 0 bridgehead atoms. The summed E-state index contributed by atoms with van der Waals surface area (Å²) in [7, 11) is -4.20. The van der Waals surface area contributed by atoms with E-state index in [2.05, 4.69) is 0 Å². The average molecular weight is 429 g/mol. The zero-order valence-corrected chi connectivity index (χ0v) is 18.5. The van der Waals surface area contributed by atoms with E-state index in [4.69, 9.17) is 14.0 Å². The van der Waals surface area contributed by atoms with Gasteiger partial charge in [-0.2, -0.15) is 8.42 Å². The number of hydrogen-bond donors (Lipinski definition) is 1. The molecule has 8 heteroatoms. The Hall–Kier alpha value is -1.93. The molecule has 0 saturated heterocycles. The van der Waals surface area contributed by atoms with Crippen LogP contribution in [0.25, 0.3) is 0 Å². The molecular weight excluding hydrogens is 396 g/mol. The molecule has 29 heavy (non-hydrogen) atoms. The van der Waals surface area contributed by atoms with Gasteiger partial charge in [0.1, 0.15) is 12.4 Å². The van der Waals surface area contributed by atoms with E-state index in [0.29, 0.717) is 19.4 Å². The normalized spacial score (nSPS) is 14.1. The fraction of sp³-hybridized carbons (Fsp3) is 0.619. The lowest BCUT2D eigenvalue weighted by Crippen LogP contribution is -2.39. The van der Waals surface area contributed by atoms with Crippen molar-refractivity contribution < 1.29 is 32.0 Å². The molecule has 1 unspecified atom stereocenters. The van der Waals surface area contributed by atoms with E-state index in [1.54, 1.807) is 20.8 Å². The van der Waals surface area contributed by atoms with Crippen LogP contribution in [0, 0.1) is 10.8 Å². The standard InChI is InChI=1S/C21H32O7S/c1-5-21(4,16-20(2,3)18(22)28-14-15-29(24,25)26)19(23)27-13-9-12-17-10-7-6-8-11-17/h6-8,10-11H,5,9,12-16H2,1-4H3,(H,24,25,26). The largest absolute Gasteiger partial charge is 0.465 e. The average Bonchev–Trinajstić information content (AvgIpc) is 2.64. The van der Waals surface area contributed by atoms with Crippen molar-refractivity contribution in [2.75, 3.05) is 19.0 Å². The third-order valence-corrected chi connectivity index (χ3v) is 5.60. The Balaban J connectivity index is 2.57. The predicted molar refractivity (Wildman–Crippen MR) is 110 cm³/mol. The molecule has 1 aromatic rings. The molecule has 1 N–H and O–H groups in total. The van der Waals surface area contributed by atoms with Crippen molar-refractivity contribution in [1.82, 2.24) is 0 Å². The maximum absolute atomic E-state index is 12.7. The third kappa shape index (κ3) is 8.95. The highest BCUT2D eigenvalue weighted by Crippen LogP contribution is 2.38. The molecule has 0 saturated carbocycles. The van der Waals surface area contributed by atoms with Crippen molar-refractivity contribution in [2.24, 2.45) is 10.8 Å². The topological polar surface area (TPSA) is 107 Å². The van der Waals surface area contributed by atoms with E-state index in [1.165, 1.54) is 5.56 Å². The van der Waals surface area contributed by atoms with Gasteiger partial charge in [0.15, 0.2) is 0 Å².